The Morgan fingerprint density at radius 2 is 2.17 bits per heavy atom. The number of carboxylic acid groups (broad SMARTS) is 1. The minimum Gasteiger partial charge on any atom is -0.481 e. The molecular formula is C12H13BrN2O3. The minimum atomic E-state index is -0.835. The number of nitrogens with zero attached hydrogens (tertiary/aromatic N) is 1. The number of pyridine rings is 1. The first-order valence-corrected chi connectivity index (χ1v) is 6.46. The summed E-state index contributed by atoms with van der Waals surface area (Å²) in [6.45, 7) is 0.166. The molecule has 1 heterocycles. The van der Waals surface area contributed by atoms with E-state index in [9.17, 15) is 9.59 Å². The summed E-state index contributed by atoms with van der Waals surface area (Å²) in [6.07, 6.45) is 3.68. The molecule has 0 spiro atoms. The molecule has 0 unspecified atom stereocenters. The van der Waals surface area contributed by atoms with Crippen LogP contribution >= 0.6 is 15.9 Å². The first-order chi connectivity index (χ1) is 8.53. The van der Waals surface area contributed by atoms with Crippen LogP contribution in [0.2, 0.25) is 0 Å². The largest absolute Gasteiger partial charge is 0.481 e. The Morgan fingerprint density at radius 1 is 1.44 bits per heavy atom. The molecule has 1 fully saturated rings. The van der Waals surface area contributed by atoms with Crippen molar-refractivity contribution in [3.8, 4) is 0 Å². The van der Waals surface area contributed by atoms with Gasteiger partial charge in [-0.25, -0.2) is 4.98 Å². The summed E-state index contributed by atoms with van der Waals surface area (Å²) in [5, 5.41) is 11.8. The second kappa shape index (κ2) is 5.06. The van der Waals surface area contributed by atoms with E-state index in [1.165, 1.54) is 6.20 Å². The van der Waals surface area contributed by atoms with E-state index < -0.39 is 11.4 Å². The number of amides is 1. The van der Waals surface area contributed by atoms with Crippen LogP contribution in [0, 0.1) is 5.41 Å². The highest BCUT2D eigenvalue weighted by Crippen LogP contribution is 2.40. The second-order valence-electron chi connectivity index (χ2n) is 4.48. The highest BCUT2D eigenvalue weighted by Gasteiger charge is 2.44. The molecule has 6 heteroatoms. The van der Waals surface area contributed by atoms with Gasteiger partial charge in [-0.3, -0.25) is 9.59 Å². The quantitative estimate of drug-likeness (QED) is 0.889. The average Bonchev–Trinajstić information content (AvgIpc) is 2.27. The molecule has 0 aromatic carbocycles. The Hall–Kier alpha value is -1.43. The predicted octanol–water partition coefficient (Wildman–Crippen LogP) is 1.83. The molecule has 96 valence electrons. The number of carbonyl (C=O) groups excluding carboxylic acids is 1. The molecule has 5 nitrogen and oxygen atoms in total. The SMILES string of the molecule is O=C(NCC1(C(=O)O)CCC1)c1ccc(Br)cn1. The van der Waals surface area contributed by atoms with Gasteiger partial charge in [0.1, 0.15) is 5.69 Å². The van der Waals surface area contributed by atoms with Gasteiger partial charge in [-0.1, -0.05) is 6.42 Å². The van der Waals surface area contributed by atoms with Crippen molar-refractivity contribution in [3.63, 3.8) is 0 Å². The smallest absolute Gasteiger partial charge is 0.311 e. The lowest BCUT2D eigenvalue weighted by molar-refractivity contribution is -0.153. The summed E-state index contributed by atoms with van der Waals surface area (Å²) in [7, 11) is 0. The van der Waals surface area contributed by atoms with E-state index in [0.29, 0.717) is 12.8 Å². The number of carboxylic acids is 1. The molecule has 2 rings (SSSR count). The van der Waals surface area contributed by atoms with Crippen LogP contribution in [0.1, 0.15) is 29.8 Å². The van der Waals surface area contributed by atoms with Crippen molar-refractivity contribution in [2.45, 2.75) is 19.3 Å². The van der Waals surface area contributed by atoms with Crippen molar-refractivity contribution in [3.05, 3.63) is 28.5 Å². The van der Waals surface area contributed by atoms with E-state index in [1.807, 2.05) is 0 Å². The maximum absolute atomic E-state index is 11.8. The van der Waals surface area contributed by atoms with Gasteiger partial charge in [0.05, 0.1) is 5.41 Å². The average molecular weight is 313 g/mol. The van der Waals surface area contributed by atoms with Gasteiger partial charge < -0.3 is 10.4 Å². The summed E-state index contributed by atoms with van der Waals surface area (Å²) in [6, 6.07) is 3.31. The molecule has 2 N–H and O–H groups in total. The normalized spacial score (nSPS) is 16.7. The van der Waals surface area contributed by atoms with Crippen molar-refractivity contribution in [1.29, 1.82) is 0 Å². The Kier molecular flexibility index (Phi) is 3.65. The maximum atomic E-state index is 11.8. The Labute approximate surface area is 113 Å². The summed E-state index contributed by atoms with van der Waals surface area (Å²) in [5.74, 6) is -1.17. The van der Waals surface area contributed by atoms with Crippen LogP contribution in [0.15, 0.2) is 22.8 Å². The van der Waals surface area contributed by atoms with Gasteiger partial charge in [0.25, 0.3) is 5.91 Å². The lowest BCUT2D eigenvalue weighted by atomic mass is 9.69. The first-order valence-electron chi connectivity index (χ1n) is 5.67. The summed E-state index contributed by atoms with van der Waals surface area (Å²) >= 11 is 3.23. The molecular weight excluding hydrogens is 300 g/mol. The summed E-state index contributed by atoms with van der Waals surface area (Å²) in [5.41, 5.74) is -0.483. The van der Waals surface area contributed by atoms with Crippen molar-refractivity contribution in [2.75, 3.05) is 6.54 Å². The van der Waals surface area contributed by atoms with Gasteiger partial charge >= 0.3 is 5.97 Å². The zero-order chi connectivity index (χ0) is 13.2. The Balaban J connectivity index is 1.96. The molecule has 1 aliphatic rings. The van der Waals surface area contributed by atoms with Gasteiger partial charge in [-0.15, -0.1) is 0 Å². The maximum Gasteiger partial charge on any atom is 0.311 e. The third kappa shape index (κ3) is 2.53. The number of rotatable bonds is 4. The minimum absolute atomic E-state index is 0.166. The number of halogens is 1. The standard InChI is InChI=1S/C12H13BrN2O3/c13-8-2-3-9(14-6-8)10(16)15-7-12(11(17)18)4-1-5-12/h2-3,6H,1,4-5,7H2,(H,15,16)(H,17,18). The lowest BCUT2D eigenvalue weighted by Crippen LogP contribution is -2.47. The van der Waals surface area contributed by atoms with Crippen LogP contribution in [-0.4, -0.2) is 28.5 Å². The van der Waals surface area contributed by atoms with Gasteiger partial charge in [0, 0.05) is 17.2 Å². The van der Waals surface area contributed by atoms with E-state index in [0.717, 1.165) is 10.9 Å². The molecule has 0 atom stereocenters. The number of carbonyl (C=O) groups is 2. The second-order valence-corrected chi connectivity index (χ2v) is 5.40. The first kappa shape index (κ1) is 13.0. The number of aliphatic carboxylic acids is 1. The lowest BCUT2D eigenvalue weighted by Gasteiger charge is -2.37. The number of hydrogen-bond acceptors (Lipinski definition) is 3. The van der Waals surface area contributed by atoms with Crippen LogP contribution < -0.4 is 5.32 Å². The van der Waals surface area contributed by atoms with E-state index in [1.54, 1.807) is 12.1 Å². The van der Waals surface area contributed by atoms with Crippen molar-refractivity contribution >= 4 is 27.8 Å². The highest BCUT2D eigenvalue weighted by molar-refractivity contribution is 9.10. The molecule has 1 saturated carbocycles. The molecule has 0 saturated heterocycles. The summed E-state index contributed by atoms with van der Waals surface area (Å²) < 4.78 is 0.792. The van der Waals surface area contributed by atoms with Crippen molar-refractivity contribution < 1.29 is 14.7 Å². The molecule has 18 heavy (non-hydrogen) atoms. The molecule has 1 aromatic heterocycles. The molecule has 0 radical (unpaired) electrons. The fourth-order valence-corrected chi connectivity index (χ4v) is 2.15. The van der Waals surface area contributed by atoms with Crippen LogP contribution in [0.5, 0.6) is 0 Å². The van der Waals surface area contributed by atoms with E-state index in [4.69, 9.17) is 5.11 Å². The van der Waals surface area contributed by atoms with Gasteiger partial charge in [-0.05, 0) is 40.9 Å². The van der Waals surface area contributed by atoms with Gasteiger partial charge in [0.2, 0.25) is 0 Å². The van der Waals surface area contributed by atoms with E-state index in [2.05, 4.69) is 26.2 Å². The van der Waals surface area contributed by atoms with Crippen LogP contribution in [0.3, 0.4) is 0 Å². The Bertz CT molecular complexity index is 469. The third-order valence-corrected chi connectivity index (χ3v) is 3.78. The predicted molar refractivity (Wildman–Crippen MR) is 68.2 cm³/mol. The van der Waals surface area contributed by atoms with Gasteiger partial charge in [0.15, 0.2) is 0 Å². The molecule has 1 aliphatic carbocycles. The monoisotopic (exact) mass is 312 g/mol. The van der Waals surface area contributed by atoms with E-state index >= 15 is 0 Å². The van der Waals surface area contributed by atoms with Crippen molar-refractivity contribution in [1.82, 2.24) is 10.3 Å². The molecule has 0 bridgehead atoms. The zero-order valence-electron chi connectivity index (χ0n) is 9.65. The zero-order valence-corrected chi connectivity index (χ0v) is 11.2. The van der Waals surface area contributed by atoms with Crippen molar-refractivity contribution in [2.24, 2.45) is 5.41 Å². The third-order valence-electron chi connectivity index (χ3n) is 3.31. The fraction of sp³-hybridized carbons (Fsp3) is 0.417. The van der Waals surface area contributed by atoms with Crippen LogP contribution in [0.25, 0.3) is 0 Å². The number of hydrogen-bond donors (Lipinski definition) is 2. The number of nitrogens with one attached hydrogen (secondary N) is 1. The van der Waals surface area contributed by atoms with Crippen LogP contribution in [0.4, 0.5) is 0 Å². The van der Waals surface area contributed by atoms with E-state index in [-0.39, 0.29) is 18.1 Å². The van der Waals surface area contributed by atoms with Gasteiger partial charge in [-0.2, -0.15) is 0 Å². The molecule has 1 aromatic rings. The highest BCUT2D eigenvalue weighted by atomic mass is 79.9. The Morgan fingerprint density at radius 3 is 2.61 bits per heavy atom. The summed E-state index contributed by atoms with van der Waals surface area (Å²) in [4.78, 5) is 26.9. The molecule has 0 aliphatic heterocycles. The topological polar surface area (TPSA) is 79.3 Å². The molecule has 1 amide bonds. The number of aromatic nitrogens is 1. The fourth-order valence-electron chi connectivity index (χ4n) is 1.92. The van der Waals surface area contributed by atoms with Crippen LogP contribution in [-0.2, 0) is 4.79 Å².